The summed E-state index contributed by atoms with van der Waals surface area (Å²) in [6.07, 6.45) is 5.23. The summed E-state index contributed by atoms with van der Waals surface area (Å²) in [5, 5.41) is 13.8. The number of aromatic amines is 1. The molecular weight excluding hydrogens is 404 g/mol. The molecule has 5 N–H and O–H groups in total. The zero-order valence-electron chi connectivity index (χ0n) is 18.6. The molecule has 0 radical (unpaired) electrons. The number of hydrogen-bond acceptors (Lipinski definition) is 8. The minimum Gasteiger partial charge on any atom is -0.371 e. The van der Waals surface area contributed by atoms with Crippen LogP contribution in [0.3, 0.4) is 0 Å². The smallest absolute Gasteiger partial charge is 0.224 e. The minimum absolute atomic E-state index is 0.0724. The van der Waals surface area contributed by atoms with Gasteiger partial charge in [0.2, 0.25) is 5.95 Å². The zero-order valence-corrected chi connectivity index (χ0v) is 18.6. The third kappa shape index (κ3) is 4.69. The molecule has 0 saturated carbocycles. The summed E-state index contributed by atoms with van der Waals surface area (Å²) in [7, 11) is 0. The Labute approximate surface area is 188 Å². The first-order chi connectivity index (χ1) is 15.8. The number of anilines is 2. The van der Waals surface area contributed by atoms with Crippen LogP contribution in [0.1, 0.15) is 37.9 Å². The maximum absolute atomic E-state index is 5.91. The summed E-state index contributed by atoms with van der Waals surface area (Å²) in [5.74, 6) is 2.22. The second-order valence-electron chi connectivity index (χ2n) is 8.50. The molecule has 170 valence electrons. The molecule has 0 amide bonds. The van der Waals surface area contributed by atoms with Gasteiger partial charge in [0.25, 0.3) is 0 Å². The van der Waals surface area contributed by atoms with Crippen LogP contribution >= 0.6 is 0 Å². The Hall–Kier alpha value is -2.75. The molecule has 1 unspecified atom stereocenters. The minimum atomic E-state index is 0.0724. The molecule has 2 atom stereocenters. The van der Waals surface area contributed by atoms with Crippen LogP contribution in [-0.2, 0) is 4.74 Å². The van der Waals surface area contributed by atoms with Crippen molar-refractivity contribution in [2.75, 3.05) is 50.0 Å². The molecular formula is C23H32N8O. The number of hydrogen-bond donors (Lipinski definition) is 5. The number of ether oxygens (including phenoxy) is 1. The lowest BCUT2D eigenvalue weighted by molar-refractivity contribution is 0.0278. The van der Waals surface area contributed by atoms with Gasteiger partial charge in [-0.2, -0.15) is 4.98 Å². The highest BCUT2D eigenvalue weighted by Crippen LogP contribution is 2.29. The van der Waals surface area contributed by atoms with Gasteiger partial charge in [0.05, 0.1) is 29.3 Å². The van der Waals surface area contributed by atoms with Gasteiger partial charge in [-0.05, 0) is 43.5 Å². The van der Waals surface area contributed by atoms with Gasteiger partial charge in [-0.1, -0.05) is 13.0 Å². The van der Waals surface area contributed by atoms with E-state index in [0.29, 0.717) is 12.0 Å². The number of morpholine rings is 1. The number of nitrogens with one attached hydrogen (secondary N) is 5. The van der Waals surface area contributed by atoms with E-state index in [2.05, 4.69) is 56.4 Å². The first-order valence-electron chi connectivity index (χ1n) is 11.7. The van der Waals surface area contributed by atoms with Gasteiger partial charge in [0.15, 0.2) is 0 Å². The van der Waals surface area contributed by atoms with Gasteiger partial charge in [0, 0.05) is 38.4 Å². The quantitative estimate of drug-likeness (QED) is 0.384. The number of piperidine rings is 1. The zero-order chi connectivity index (χ0) is 21.8. The fourth-order valence-corrected chi connectivity index (χ4v) is 4.29. The maximum atomic E-state index is 5.91. The average molecular weight is 437 g/mol. The van der Waals surface area contributed by atoms with Crippen molar-refractivity contribution in [3.05, 3.63) is 30.0 Å². The fraction of sp³-hybridized carbons (Fsp3) is 0.522. The van der Waals surface area contributed by atoms with E-state index in [9.17, 15) is 0 Å². The summed E-state index contributed by atoms with van der Waals surface area (Å²) < 4.78 is 5.91. The predicted octanol–water partition coefficient (Wildman–Crippen LogP) is 2.67. The monoisotopic (exact) mass is 436 g/mol. The van der Waals surface area contributed by atoms with Crippen LogP contribution in [0.15, 0.2) is 24.4 Å². The standard InChI is InChI=1S/C23H32N8O/c1-2-7-26-23-27-13-17(21(31-23)28-16-4-3-8-24-12-16)22-29-18-6-5-15(11-19(18)30-22)20-14-25-9-10-32-20/h5-6,11,13,16,20,24-25H,2-4,7-10,12,14H2,1H3,(H,29,30)(H2,26,27,28,31)/t16-,20?/m0/s1. The van der Waals surface area contributed by atoms with Crippen molar-refractivity contribution in [3.63, 3.8) is 0 Å². The summed E-state index contributed by atoms with van der Waals surface area (Å²) in [6, 6.07) is 6.63. The lowest BCUT2D eigenvalue weighted by Crippen LogP contribution is -2.38. The van der Waals surface area contributed by atoms with E-state index in [1.54, 1.807) is 0 Å². The third-order valence-corrected chi connectivity index (χ3v) is 6.02. The summed E-state index contributed by atoms with van der Waals surface area (Å²) in [5.41, 5.74) is 3.95. The number of benzene rings is 1. The number of aromatic nitrogens is 4. The molecule has 4 heterocycles. The van der Waals surface area contributed by atoms with Crippen LogP contribution in [0.25, 0.3) is 22.4 Å². The molecule has 0 spiro atoms. The molecule has 32 heavy (non-hydrogen) atoms. The Kier molecular flexibility index (Phi) is 6.47. The van der Waals surface area contributed by atoms with E-state index in [1.165, 1.54) is 0 Å². The van der Waals surface area contributed by atoms with E-state index < -0.39 is 0 Å². The molecule has 2 aromatic heterocycles. The van der Waals surface area contributed by atoms with E-state index in [1.807, 2.05) is 6.20 Å². The van der Waals surface area contributed by atoms with Crippen LogP contribution < -0.4 is 21.3 Å². The number of imidazole rings is 1. The van der Waals surface area contributed by atoms with Crippen molar-refractivity contribution in [1.82, 2.24) is 30.6 Å². The Morgan fingerprint density at radius 2 is 2.09 bits per heavy atom. The van der Waals surface area contributed by atoms with Crippen LogP contribution in [0, 0.1) is 0 Å². The first-order valence-corrected chi connectivity index (χ1v) is 11.7. The van der Waals surface area contributed by atoms with E-state index >= 15 is 0 Å². The van der Waals surface area contributed by atoms with Crippen molar-refractivity contribution < 1.29 is 4.74 Å². The average Bonchev–Trinajstić information content (AvgIpc) is 3.27. The third-order valence-electron chi connectivity index (χ3n) is 6.02. The van der Waals surface area contributed by atoms with E-state index in [-0.39, 0.29) is 6.10 Å². The molecule has 0 bridgehead atoms. The van der Waals surface area contributed by atoms with Gasteiger partial charge in [0.1, 0.15) is 11.6 Å². The Bertz CT molecular complexity index is 1040. The second-order valence-corrected chi connectivity index (χ2v) is 8.50. The second kappa shape index (κ2) is 9.81. The number of H-pyrrole nitrogens is 1. The van der Waals surface area contributed by atoms with Gasteiger partial charge in [-0.3, -0.25) is 0 Å². The molecule has 1 aromatic carbocycles. The van der Waals surface area contributed by atoms with Gasteiger partial charge >= 0.3 is 0 Å². The van der Waals surface area contributed by atoms with Crippen molar-refractivity contribution in [3.8, 4) is 11.4 Å². The van der Waals surface area contributed by atoms with Crippen LogP contribution in [-0.4, -0.2) is 65.3 Å². The Morgan fingerprint density at radius 3 is 2.91 bits per heavy atom. The number of nitrogens with zero attached hydrogens (tertiary/aromatic N) is 3. The van der Waals surface area contributed by atoms with Crippen LogP contribution in [0.2, 0.25) is 0 Å². The maximum Gasteiger partial charge on any atom is 0.224 e. The molecule has 2 aliphatic rings. The van der Waals surface area contributed by atoms with Gasteiger partial charge < -0.3 is 31.0 Å². The Balaban J connectivity index is 1.46. The van der Waals surface area contributed by atoms with Crippen molar-refractivity contribution in [2.45, 2.75) is 38.3 Å². The molecule has 3 aromatic rings. The van der Waals surface area contributed by atoms with E-state index in [0.717, 1.165) is 92.4 Å². The highest BCUT2D eigenvalue weighted by molar-refractivity contribution is 5.82. The van der Waals surface area contributed by atoms with Crippen molar-refractivity contribution in [2.24, 2.45) is 0 Å². The van der Waals surface area contributed by atoms with Crippen LogP contribution in [0.5, 0.6) is 0 Å². The normalized spacial score (nSPS) is 21.5. The van der Waals surface area contributed by atoms with Crippen LogP contribution in [0.4, 0.5) is 11.8 Å². The number of rotatable bonds is 7. The molecule has 2 saturated heterocycles. The van der Waals surface area contributed by atoms with Gasteiger partial charge in [-0.25, -0.2) is 9.97 Å². The fourth-order valence-electron chi connectivity index (χ4n) is 4.29. The SMILES string of the molecule is CCCNc1ncc(-c2nc3ccc(C4CNCCO4)cc3[nH]2)c(N[C@H]2CCCNC2)n1. The molecule has 0 aliphatic carbocycles. The summed E-state index contributed by atoms with van der Waals surface area (Å²) in [4.78, 5) is 17.7. The number of fused-ring (bicyclic) bond motifs is 1. The van der Waals surface area contributed by atoms with E-state index in [4.69, 9.17) is 14.7 Å². The lowest BCUT2D eigenvalue weighted by Gasteiger charge is -2.25. The van der Waals surface area contributed by atoms with Gasteiger partial charge in [-0.15, -0.1) is 0 Å². The van der Waals surface area contributed by atoms with Crippen molar-refractivity contribution >= 4 is 22.8 Å². The Morgan fingerprint density at radius 1 is 1.16 bits per heavy atom. The lowest BCUT2D eigenvalue weighted by atomic mass is 10.1. The summed E-state index contributed by atoms with van der Waals surface area (Å²) >= 11 is 0. The highest BCUT2D eigenvalue weighted by Gasteiger charge is 2.20. The molecule has 5 rings (SSSR count). The first kappa shape index (κ1) is 21.1. The predicted molar refractivity (Wildman–Crippen MR) is 127 cm³/mol. The molecule has 2 fully saturated rings. The van der Waals surface area contributed by atoms with Crippen molar-refractivity contribution in [1.29, 1.82) is 0 Å². The molecule has 9 nitrogen and oxygen atoms in total. The summed E-state index contributed by atoms with van der Waals surface area (Å²) in [6.45, 7) is 7.45. The highest BCUT2D eigenvalue weighted by atomic mass is 16.5. The largest absolute Gasteiger partial charge is 0.371 e. The molecule has 9 heteroatoms. The molecule has 2 aliphatic heterocycles. The topological polar surface area (TPSA) is 112 Å².